The highest BCUT2D eigenvalue weighted by Gasteiger charge is 2.30. The maximum absolute atomic E-state index is 12.8. The Hall–Kier alpha value is -2.12. The van der Waals surface area contributed by atoms with Crippen molar-refractivity contribution in [3.05, 3.63) is 34.2 Å². The Morgan fingerprint density at radius 1 is 0.968 bits per heavy atom. The second-order valence-corrected chi connectivity index (χ2v) is 9.75. The summed E-state index contributed by atoms with van der Waals surface area (Å²) in [6.45, 7) is 2.79. The predicted octanol–water partition coefficient (Wildman–Crippen LogP) is 3.93. The average Bonchev–Trinajstić information content (AvgIpc) is 2.96. The Morgan fingerprint density at radius 2 is 1.65 bits per heavy atom. The quantitative estimate of drug-likeness (QED) is 0.750. The van der Waals surface area contributed by atoms with Crippen LogP contribution in [-0.4, -0.2) is 60.2 Å². The Balaban J connectivity index is 1.26. The van der Waals surface area contributed by atoms with E-state index in [1.807, 2.05) is 29.2 Å². The summed E-state index contributed by atoms with van der Waals surface area (Å²) in [6, 6.07) is 7.59. The standard InChI is InChI=1S/C23H28ClN3O3S/c24-20-17-7-3-4-8-18(17)31-21(20)22(29)25-15-19(28)26-13-9-16(10-14-26)23(30)27-11-5-1-2-6-12-27/h3-4,7-8,16H,1-2,5-6,9-15H2,(H,25,29). The first-order valence-electron chi connectivity index (χ1n) is 11.1. The van der Waals surface area contributed by atoms with Crippen molar-refractivity contribution in [1.82, 2.24) is 15.1 Å². The molecule has 3 amide bonds. The van der Waals surface area contributed by atoms with E-state index in [1.54, 1.807) is 4.90 Å². The number of benzene rings is 1. The molecule has 2 saturated heterocycles. The second kappa shape index (κ2) is 10.0. The summed E-state index contributed by atoms with van der Waals surface area (Å²) in [6.07, 6.45) is 5.97. The largest absolute Gasteiger partial charge is 0.342 e. The zero-order valence-electron chi connectivity index (χ0n) is 17.6. The zero-order chi connectivity index (χ0) is 21.8. The van der Waals surface area contributed by atoms with Gasteiger partial charge in [0.25, 0.3) is 5.91 Å². The Morgan fingerprint density at radius 3 is 2.32 bits per heavy atom. The smallest absolute Gasteiger partial charge is 0.263 e. The van der Waals surface area contributed by atoms with Crippen molar-refractivity contribution in [3.8, 4) is 0 Å². The third-order valence-electron chi connectivity index (χ3n) is 6.26. The van der Waals surface area contributed by atoms with Gasteiger partial charge in [0.2, 0.25) is 11.8 Å². The first-order chi connectivity index (χ1) is 15.0. The number of carbonyl (C=O) groups is 3. The molecule has 1 aromatic heterocycles. The Kier molecular flexibility index (Phi) is 7.13. The molecule has 0 bridgehead atoms. The fraction of sp³-hybridized carbons (Fsp3) is 0.522. The second-order valence-electron chi connectivity index (χ2n) is 8.32. The fourth-order valence-corrected chi connectivity index (χ4v) is 5.87. The molecule has 166 valence electrons. The number of hydrogen-bond donors (Lipinski definition) is 1. The summed E-state index contributed by atoms with van der Waals surface area (Å²) in [5.74, 6) is -0.187. The number of carbonyl (C=O) groups excluding carboxylic acids is 3. The molecule has 0 aliphatic carbocycles. The third-order valence-corrected chi connectivity index (χ3v) is 7.93. The van der Waals surface area contributed by atoms with Crippen molar-refractivity contribution < 1.29 is 14.4 Å². The fourth-order valence-electron chi connectivity index (χ4n) is 4.43. The molecule has 0 spiro atoms. The van der Waals surface area contributed by atoms with Crippen molar-refractivity contribution in [3.63, 3.8) is 0 Å². The number of nitrogens with one attached hydrogen (secondary N) is 1. The van der Waals surface area contributed by atoms with Gasteiger partial charge in [-0.05, 0) is 31.7 Å². The number of amides is 3. The van der Waals surface area contributed by atoms with Crippen LogP contribution >= 0.6 is 22.9 Å². The lowest BCUT2D eigenvalue weighted by Gasteiger charge is -2.34. The zero-order valence-corrected chi connectivity index (χ0v) is 19.1. The van der Waals surface area contributed by atoms with Crippen LogP contribution in [0.2, 0.25) is 5.02 Å². The first-order valence-corrected chi connectivity index (χ1v) is 12.3. The molecule has 1 aromatic carbocycles. The number of rotatable bonds is 4. The van der Waals surface area contributed by atoms with Crippen molar-refractivity contribution in [2.75, 3.05) is 32.7 Å². The molecular weight excluding hydrogens is 434 g/mol. The summed E-state index contributed by atoms with van der Waals surface area (Å²) in [7, 11) is 0. The molecule has 4 rings (SSSR count). The maximum Gasteiger partial charge on any atom is 0.263 e. The number of nitrogens with zero attached hydrogens (tertiary/aromatic N) is 2. The van der Waals surface area contributed by atoms with Crippen LogP contribution in [0, 0.1) is 5.92 Å². The average molecular weight is 462 g/mol. The van der Waals surface area contributed by atoms with Crippen molar-refractivity contribution in [2.45, 2.75) is 38.5 Å². The molecule has 0 saturated carbocycles. The molecule has 8 heteroatoms. The van der Waals surface area contributed by atoms with E-state index >= 15 is 0 Å². The minimum atomic E-state index is -0.328. The SMILES string of the molecule is O=C(NCC(=O)N1CCC(C(=O)N2CCCCCC2)CC1)c1sc2ccccc2c1Cl. The number of likely N-dealkylation sites (tertiary alicyclic amines) is 2. The molecule has 2 aliphatic heterocycles. The summed E-state index contributed by atoms with van der Waals surface area (Å²) < 4.78 is 0.945. The molecule has 2 fully saturated rings. The van der Waals surface area contributed by atoms with Gasteiger partial charge in [0.05, 0.1) is 11.6 Å². The van der Waals surface area contributed by atoms with E-state index in [2.05, 4.69) is 5.32 Å². The molecule has 2 aliphatic rings. The molecule has 31 heavy (non-hydrogen) atoms. The van der Waals surface area contributed by atoms with E-state index in [-0.39, 0.29) is 30.2 Å². The molecule has 6 nitrogen and oxygen atoms in total. The van der Waals surface area contributed by atoms with E-state index in [0.717, 1.165) is 36.0 Å². The minimum absolute atomic E-state index is 0.00842. The van der Waals surface area contributed by atoms with Gasteiger partial charge in [0, 0.05) is 42.2 Å². The topological polar surface area (TPSA) is 69.7 Å². The predicted molar refractivity (Wildman–Crippen MR) is 124 cm³/mol. The van der Waals surface area contributed by atoms with Crippen LogP contribution in [0.4, 0.5) is 0 Å². The van der Waals surface area contributed by atoms with Gasteiger partial charge in [-0.2, -0.15) is 0 Å². The first kappa shape index (κ1) is 22.1. The van der Waals surface area contributed by atoms with Crippen LogP contribution in [0.3, 0.4) is 0 Å². The lowest BCUT2D eigenvalue weighted by Crippen LogP contribution is -2.47. The van der Waals surface area contributed by atoms with Gasteiger partial charge in [-0.25, -0.2) is 0 Å². The molecule has 0 unspecified atom stereocenters. The van der Waals surface area contributed by atoms with Crippen LogP contribution in [0.15, 0.2) is 24.3 Å². The van der Waals surface area contributed by atoms with Crippen LogP contribution in [0.25, 0.3) is 10.1 Å². The highest BCUT2D eigenvalue weighted by Crippen LogP contribution is 2.35. The molecule has 0 atom stereocenters. The van der Waals surface area contributed by atoms with Gasteiger partial charge in [-0.3, -0.25) is 14.4 Å². The minimum Gasteiger partial charge on any atom is -0.342 e. The lowest BCUT2D eigenvalue weighted by atomic mass is 9.95. The van der Waals surface area contributed by atoms with Crippen LogP contribution in [-0.2, 0) is 9.59 Å². The van der Waals surface area contributed by atoms with Gasteiger partial charge >= 0.3 is 0 Å². The number of thiophene rings is 1. The molecule has 2 aromatic rings. The number of fused-ring (bicyclic) bond motifs is 1. The van der Waals surface area contributed by atoms with Crippen LogP contribution < -0.4 is 5.32 Å². The van der Waals surface area contributed by atoms with E-state index < -0.39 is 0 Å². The lowest BCUT2D eigenvalue weighted by molar-refractivity contribution is -0.140. The van der Waals surface area contributed by atoms with E-state index in [0.29, 0.717) is 35.8 Å². The highest BCUT2D eigenvalue weighted by molar-refractivity contribution is 7.21. The number of hydrogen-bond acceptors (Lipinski definition) is 4. The monoisotopic (exact) mass is 461 g/mol. The normalized spacial score (nSPS) is 18.1. The summed E-state index contributed by atoms with van der Waals surface area (Å²) >= 11 is 7.68. The molecular formula is C23H28ClN3O3S. The molecule has 1 N–H and O–H groups in total. The van der Waals surface area contributed by atoms with Gasteiger partial charge in [-0.15, -0.1) is 11.3 Å². The highest BCUT2D eigenvalue weighted by atomic mass is 35.5. The van der Waals surface area contributed by atoms with E-state index in [9.17, 15) is 14.4 Å². The summed E-state index contributed by atoms with van der Waals surface area (Å²) in [5, 5.41) is 3.99. The van der Waals surface area contributed by atoms with Gasteiger partial charge in [0.1, 0.15) is 4.88 Å². The third kappa shape index (κ3) is 5.04. The van der Waals surface area contributed by atoms with Crippen molar-refractivity contribution >= 4 is 50.7 Å². The van der Waals surface area contributed by atoms with Crippen LogP contribution in [0.5, 0.6) is 0 Å². The van der Waals surface area contributed by atoms with Gasteiger partial charge < -0.3 is 15.1 Å². The van der Waals surface area contributed by atoms with Crippen LogP contribution in [0.1, 0.15) is 48.2 Å². The van der Waals surface area contributed by atoms with Crippen molar-refractivity contribution in [2.24, 2.45) is 5.92 Å². The summed E-state index contributed by atoms with van der Waals surface area (Å²) in [5.41, 5.74) is 0. The van der Waals surface area contributed by atoms with Gasteiger partial charge in [0.15, 0.2) is 0 Å². The number of piperidine rings is 1. The van der Waals surface area contributed by atoms with Crippen molar-refractivity contribution in [1.29, 1.82) is 0 Å². The Labute approximate surface area is 191 Å². The number of halogens is 1. The Bertz CT molecular complexity index is 960. The maximum atomic E-state index is 12.8. The summed E-state index contributed by atoms with van der Waals surface area (Å²) in [4.78, 5) is 42.2. The van der Waals surface area contributed by atoms with Gasteiger partial charge in [-0.1, -0.05) is 42.6 Å². The van der Waals surface area contributed by atoms with E-state index in [4.69, 9.17) is 11.6 Å². The molecule has 3 heterocycles. The molecule has 0 radical (unpaired) electrons. The van der Waals surface area contributed by atoms with E-state index in [1.165, 1.54) is 24.2 Å².